The number of hydrogen-bond acceptors (Lipinski definition) is 7. The van der Waals surface area contributed by atoms with E-state index in [2.05, 4.69) is 30.4 Å². The highest BCUT2D eigenvalue weighted by molar-refractivity contribution is 5.95. The van der Waals surface area contributed by atoms with E-state index in [1.165, 1.54) is 10.9 Å². The second kappa shape index (κ2) is 7.47. The Hall–Kier alpha value is -3.69. The van der Waals surface area contributed by atoms with Gasteiger partial charge in [0.15, 0.2) is 0 Å². The number of benzene rings is 1. The molecule has 1 amide bonds. The van der Waals surface area contributed by atoms with Crippen molar-refractivity contribution in [3.63, 3.8) is 0 Å². The number of nitrogens with one attached hydrogen (secondary N) is 2. The normalized spacial score (nSPS) is 11.1. The number of aryl methyl sites for hydroxylation is 1. The number of nitrogen functional groups attached to an aromatic ring is 1. The van der Waals surface area contributed by atoms with Crippen LogP contribution in [0, 0.1) is 6.92 Å². The van der Waals surface area contributed by atoms with Crippen molar-refractivity contribution in [1.82, 2.24) is 25.4 Å². The van der Waals surface area contributed by atoms with Gasteiger partial charge in [0.1, 0.15) is 0 Å². The van der Waals surface area contributed by atoms with Crippen molar-refractivity contribution in [2.75, 3.05) is 18.8 Å². The van der Waals surface area contributed by atoms with Crippen molar-refractivity contribution < 1.29 is 9.42 Å². The first-order valence-electron chi connectivity index (χ1n) is 7.81. The maximum atomic E-state index is 12.5. The second-order valence-corrected chi connectivity index (χ2v) is 5.42. The molecule has 4 N–H and O–H groups in total. The number of H-pyrrole nitrogens is 1. The highest BCUT2D eigenvalue weighted by Gasteiger charge is 2.15. The van der Waals surface area contributed by atoms with E-state index in [-0.39, 0.29) is 30.2 Å². The molecule has 3 rings (SSSR count). The number of para-hydroxylation sites is 1. The van der Waals surface area contributed by atoms with Gasteiger partial charge in [0.25, 0.3) is 11.5 Å². The lowest BCUT2D eigenvalue weighted by molar-refractivity contribution is 0.0945. The Morgan fingerprint density at radius 1 is 1.38 bits per heavy atom. The SMILES string of the molecule is Cc1[nH]n(-c2ccccc2)c(=O)c1C=NCCNC(=O)c1nonc1N. The van der Waals surface area contributed by atoms with E-state index in [0.717, 1.165) is 5.69 Å². The number of nitrogens with zero attached hydrogens (tertiary/aromatic N) is 4. The molecule has 0 aliphatic carbocycles. The van der Waals surface area contributed by atoms with Gasteiger partial charge in [0.2, 0.25) is 11.5 Å². The Morgan fingerprint density at radius 2 is 2.15 bits per heavy atom. The maximum absolute atomic E-state index is 12.5. The summed E-state index contributed by atoms with van der Waals surface area (Å²) in [7, 11) is 0. The summed E-state index contributed by atoms with van der Waals surface area (Å²) in [6.07, 6.45) is 1.49. The van der Waals surface area contributed by atoms with E-state index >= 15 is 0 Å². The number of aliphatic imine (C=N–C) groups is 1. The van der Waals surface area contributed by atoms with Gasteiger partial charge in [-0.15, -0.1) is 0 Å². The Bertz CT molecular complexity index is 985. The average molecular weight is 355 g/mol. The molecular formula is C16H17N7O3. The number of rotatable bonds is 6. The third-order valence-electron chi connectivity index (χ3n) is 3.61. The molecule has 0 saturated heterocycles. The van der Waals surface area contributed by atoms with Gasteiger partial charge in [0, 0.05) is 18.5 Å². The van der Waals surface area contributed by atoms with E-state index < -0.39 is 5.91 Å². The lowest BCUT2D eigenvalue weighted by atomic mass is 10.3. The molecule has 0 unspecified atom stereocenters. The molecule has 134 valence electrons. The predicted octanol–water partition coefficient (Wildman–Crippen LogP) is 0.288. The van der Waals surface area contributed by atoms with Crippen molar-refractivity contribution >= 4 is 17.9 Å². The molecule has 0 fully saturated rings. The molecule has 26 heavy (non-hydrogen) atoms. The summed E-state index contributed by atoms with van der Waals surface area (Å²) in [6, 6.07) is 9.25. The minimum atomic E-state index is -0.497. The summed E-state index contributed by atoms with van der Waals surface area (Å²) in [6.45, 7) is 2.33. The molecule has 0 saturated carbocycles. The fourth-order valence-corrected chi connectivity index (χ4v) is 2.30. The van der Waals surface area contributed by atoms with Crippen LogP contribution >= 0.6 is 0 Å². The Kier molecular flexibility index (Phi) is 4.92. The fourth-order valence-electron chi connectivity index (χ4n) is 2.30. The minimum absolute atomic E-state index is 0.0683. The third-order valence-corrected chi connectivity index (χ3v) is 3.61. The quantitative estimate of drug-likeness (QED) is 0.428. The standard InChI is InChI=1S/C16H17N7O3/c1-10-12(16(25)23(20-10)11-5-3-2-4-6-11)9-18-7-8-19-15(24)13-14(17)22-26-21-13/h2-6,9,20H,7-8H2,1H3,(H2,17,22)(H,19,24). The molecule has 0 aliphatic rings. The molecular weight excluding hydrogens is 338 g/mol. The number of anilines is 1. The van der Waals surface area contributed by atoms with Gasteiger partial charge in [-0.2, -0.15) is 0 Å². The van der Waals surface area contributed by atoms with Crippen LogP contribution in [0.4, 0.5) is 5.82 Å². The first-order valence-corrected chi connectivity index (χ1v) is 7.81. The molecule has 0 spiro atoms. The van der Waals surface area contributed by atoms with E-state index in [4.69, 9.17) is 5.73 Å². The van der Waals surface area contributed by atoms with Crippen LogP contribution in [-0.2, 0) is 0 Å². The molecule has 1 aromatic carbocycles. The molecule has 0 radical (unpaired) electrons. The highest BCUT2D eigenvalue weighted by atomic mass is 16.6. The minimum Gasteiger partial charge on any atom is -0.379 e. The first-order chi connectivity index (χ1) is 12.6. The van der Waals surface area contributed by atoms with Crippen LogP contribution < -0.4 is 16.6 Å². The Balaban J connectivity index is 1.61. The van der Waals surface area contributed by atoms with E-state index in [9.17, 15) is 9.59 Å². The lowest BCUT2D eigenvalue weighted by Gasteiger charge is -1.99. The van der Waals surface area contributed by atoms with Gasteiger partial charge in [0.05, 0.1) is 17.8 Å². The van der Waals surface area contributed by atoms with E-state index in [1.807, 2.05) is 30.3 Å². The number of aromatic nitrogens is 4. The number of carbonyl (C=O) groups excluding carboxylic acids is 1. The van der Waals surface area contributed by atoms with Gasteiger partial charge >= 0.3 is 0 Å². The fraction of sp³-hybridized carbons (Fsp3) is 0.188. The largest absolute Gasteiger partial charge is 0.379 e. The van der Waals surface area contributed by atoms with Gasteiger partial charge in [-0.05, 0) is 29.4 Å². The molecule has 10 nitrogen and oxygen atoms in total. The molecule has 0 bridgehead atoms. The number of hydrogen-bond donors (Lipinski definition) is 3. The zero-order valence-electron chi connectivity index (χ0n) is 14.0. The monoisotopic (exact) mass is 355 g/mol. The van der Waals surface area contributed by atoms with Gasteiger partial charge in [-0.3, -0.25) is 19.7 Å². The van der Waals surface area contributed by atoms with Crippen LogP contribution in [0.15, 0.2) is 44.7 Å². The summed E-state index contributed by atoms with van der Waals surface area (Å²) < 4.78 is 5.82. The third kappa shape index (κ3) is 3.53. The Morgan fingerprint density at radius 3 is 2.85 bits per heavy atom. The number of amides is 1. The molecule has 0 aliphatic heterocycles. The molecule has 2 aromatic heterocycles. The maximum Gasteiger partial charge on any atom is 0.280 e. The summed E-state index contributed by atoms with van der Waals surface area (Å²) in [4.78, 5) is 28.4. The van der Waals surface area contributed by atoms with Gasteiger partial charge < -0.3 is 11.1 Å². The Labute approximate surface area is 147 Å². The van der Waals surface area contributed by atoms with Crippen LogP contribution in [0.25, 0.3) is 5.69 Å². The summed E-state index contributed by atoms with van der Waals surface area (Å²) in [5.41, 5.74) is 7.08. The van der Waals surface area contributed by atoms with Crippen molar-refractivity contribution in [2.24, 2.45) is 4.99 Å². The molecule has 0 atom stereocenters. The molecule has 10 heteroatoms. The first kappa shape index (κ1) is 17.1. The van der Waals surface area contributed by atoms with Crippen LogP contribution in [-0.4, -0.2) is 45.3 Å². The van der Waals surface area contributed by atoms with Gasteiger partial charge in [-0.1, -0.05) is 18.2 Å². The summed E-state index contributed by atoms with van der Waals surface area (Å²) in [5, 5.41) is 12.3. The van der Waals surface area contributed by atoms with E-state index in [0.29, 0.717) is 11.3 Å². The van der Waals surface area contributed by atoms with Crippen molar-refractivity contribution in [3.05, 3.63) is 57.6 Å². The summed E-state index contributed by atoms with van der Waals surface area (Å²) >= 11 is 0. The molecule has 3 aromatic rings. The van der Waals surface area contributed by atoms with Crippen molar-refractivity contribution in [2.45, 2.75) is 6.92 Å². The highest BCUT2D eigenvalue weighted by Crippen LogP contribution is 2.05. The number of aromatic amines is 1. The van der Waals surface area contributed by atoms with Crippen molar-refractivity contribution in [1.29, 1.82) is 0 Å². The zero-order valence-corrected chi connectivity index (χ0v) is 14.0. The van der Waals surface area contributed by atoms with Crippen LogP contribution in [0.2, 0.25) is 0 Å². The van der Waals surface area contributed by atoms with Crippen LogP contribution in [0.1, 0.15) is 21.7 Å². The van der Waals surface area contributed by atoms with Crippen LogP contribution in [0.5, 0.6) is 0 Å². The zero-order chi connectivity index (χ0) is 18.5. The second-order valence-electron chi connectivity index (χ2n) is 5.42. The molecule has 2 heterocycles. The average Bonchev–Trinajstić information content (AvgIpc) is 3.19. The van der Waals surface area contributed by atoms with Gasteiger partial charge in [-0.25, -0.2) is 9.31 Å². The smallest absolute Gasteiger partial charge is 0.280 e. The number of nitrogens with two attached hydrogens (primary N) is 1. The predicted molar refractivity (Wildman–Crippen MR) is 94.6 cm³/mol. The number of carbonyl (C=O) groups is 1. The van der Waals surface area contributed by atoms with E-state index in [1.54, 1.807) is 6.92 Å². The summed E-state index contributed by atoms with van der Waals surface area (Å²) in [5.74, 6) is -0.571. The lowest BCUT2D eigenvalue weighted by Crippen LogP contribution is -2.27. The van der Waals surface area contributed by atoms with Crippen LogP contribution in [0.3, 0.4) is 0 Å². The topological polar surface area (TPSA) is 144 Å². The van der Waals surface area contributed by atoms with Crippen molar-refractivity contribution in [3.8, 4) is 5.69 Å².